The largest absolute Gasteiger partial charge is 0.481 e. The summed E-state index contributed by atoms with van der Waals surface area (Å²) in [5, 5.41) is 8.94. The summed E-state index contributed by atoms with van der Waals surface area (Å²) < 4.78 is 0. The fourth-order valence-corrected chi connectivity index (χ4v) is 2.59. The molecule has 1 aromatic rings. The summed E-state index contributed by atoms with van der Waals surface area (Å²) in [5.74, 6) is -0.222. The zero-order chi connectivity index (χ0) is 13.8. The first kappa shape index (κ1) is 13.6. The van der Waals surface area contributed by atoms with Gasteiger partial charge in [0.25, 0.3) is 0 Å². The predicted octanol–water partition coefficient (Wildman–Crippen LogP) is 1.26. The summed E-state index contributed by atoms with van der Waals surface area (Å²) in [5.41, 5.74) is 0. The van der Waals surface area contributed by atoms with E-state index in [0.29, 0.717) is 32.2 Å². The maximum atomic E-state index is 12.2. The standard InChI is InChI=1S/C13H19N3O3/c1-16(8-11-14-6-7-15-11)12(17)9-2-4-10(5-3-9)13(18)19/h6-7,9-10H,2-5,8H2,1H3,(H,14,15)(H,18,19). The highest BCUT2D eigenvalue weighted by Gasteiger charge is 2.31. The van der Waals surface area contributed by atoms with E-state index in [0.717, 1.165) is 5.82 Å². The van der Waals surface area contributed by atoms with E-state index in [2.05, 4.69) is 9.97 Å². The molecule has 0 unspecified atom stereocenters. The summed E-state index contributed by atoms with van der Waals surface area (Å²) in [7, 11) is 1.76. The smallest absolute Gasteiger partial charge is 0.306 e. The van der Waals surface area contributed by atoms with Gasteiger partial charge in [0.2, 0.25) is 5.91 Å². The van der Waals surface area contributed by atoms with Crippen LogP contribution in [-0.2, 0) is 16.1 Å². The van der Waals surface area contributed by atoms with Crippen molar-refractivity contribution in [3.05, 3.63) is 18.2 Å². The van der Waals surface area contributed by atoms with Crippen molar-refractivity contribution in [1.29, 1.82) is 0 Å². The van der Waals surface area contributed by atoms with Crippen LogP contribution < -0.4 is 0 Å². The predicted molar refractivity (Wildman–Crippen MR) is 68.1 cm³/mol. The van der Waals surface area contributed by atoms with Crippen molar-refractivity contribution in [1.82, 2.24) is 14.9 Å². The van der Waals surface area contributed by atoms with Crippen LogP contribution in [0.5, 0.6) is 0 Å². The fourth-order valence-electron chi connectivity index (χ4n) is 2.59. The van der Waals surface area contributed by atoms with Gasteiger partial charge in [0.15, 0.2) is 0 Å². The van der Waals surface area contributed by atoms with Crippen molar-refractivity contribution in [3.8, 4) is 0 Å². The molecule has 0 radical (unpaired) electrons. The number of aliphatic carboxylic acids is 1. The highest BCUT2D eigenvalue weighted by Crippen LogP contribution is 2.30. The van der Waals surface area contributed by atoms with Crippen molar-refractivity contribution in [2.24, 2.45) is 11.8 Å². The third-order valence-electron chi connectivity index (χ3n) is 3.74. The SMILES string of the molecule is CN(Cc1ncc[nH]1)C(=O)C1CCC(C(=O)O)CC1. The number of aromatic amines is 1. The normalized spacial score (nSPS) is 23.0. The Morgan fingerprint density at radius 3 is 2.53 bits per heavy atom. The van der Waals surface area contributed by atoms with Gasteiger partial charge in [-0.1, -0.05) is 0 Å². The van der Waals surface area contributed by atoms with Crippen LogP contribution in [-0.4, -0.2) is 38.9 Å². The number of amides is 1. The molecule has 0 aliphatic heterocycles. The average Bonchev–Trinajstić information content (AvgIpc) is 2.90. The van der Waals surface area contributed by atoms with E-state index < -0.39 is 5.97 Å². The second kappa shape index (κ2) is 5.86. The molecule has 1 fully saturated rings. The molecule has 0 atom stereocenters. The van der Waals surface area contributed by atoms with E-state index >= 15 is 0 Å². The Labute approximate surface area is 111 Å². The van der Waals surface area contributed by atoms with Crippen LogP contribution in [0.25, 0.3) is 0 Å². The number of carbonyl (C=O) groups is 2. The van der Waals surface area contributed by atoms with Crippen molar-refractivity contribution >= 4 is 11.9 Å². The highest BCUT2D eigenvalue weighted by atomic mass is 16.4. The van der Waals surface area contributed by atoms with Gasteiger partial charge in [-0.15, -0.1) is 0 Å². The first-order valence-electron chi connectivity index (χ1n) is 6.54. The summed E-state index contributed by atoms with van der Waals surface area (Å²) in [6, 6.07) is 0. The van der Waals surface area contributed by atoms with Crippen molar-refractivity contribution < 1.29 is 14.7 Å². The molecule has 2 N–H and O–H groups in total. The lowest BCUT2D eigenvalue weighted by Crippen LogP contribution is -2.35. The molecule has 1 saturated carbocycles. The molecular formula is C13H19N3O3. The van der Waals surface area contributed by atoms with Crippen LogP contribution in [0.4, 0.5) is 0 Å². The first-order valence-corrected chi connectivity index (χ1v) is 6.54. The van der Waals surface area contributed by atoms with Crippen LogP contribution in [0.3, 0.4) is 0 Å². The summed E-state index contributed by atoms with van der Waals surface area (Å²) in [4.78, 5) is 31.8. The molecule has 104 valence electrons. The maximum Gasteiger partial charge on any atom is 0.306 e. The lowest BCUT2D eigenvalue weighted by molar-refractivity contribution is -0.145. The molecule has 1 aromatic heterocycles. The Bertz CT molecular complexity index is 436. The summed E-state index contributed by atoms with van der Waals surface area (Å²) >= 11 is 0. The number of nitrogens with zero attached hydrogens (tertiary/aromatic N) is 2. The minimum absolute atomic E-state index is 0.0458. The van der Waals surface area contributed by atoms with Gasteiger partial charge in [-0.3, -0.25) is 9.59 Å². The monoisotopic (exact) mass is 265 g/mol. The number of nitrogens with one attached hydrogen (secondary N) is 1. The first-order chi connectivity index (χ1) is 9.08. The van der Waals surface area contributed by atoms with E-state index in [9.17, 15) is 9.59 Å². The van der Waals surface area contributed by atoms with Gasteiger partial charge in [0.05, 0.1) is 12.5 Å². The maximum absolute atomic E-state index is 12.2. The summed E-state index contributed by atoms with van der Waals surface area (Å²) in [6.45, 7) is 0.463. The number of carboxylic acids is 1. The van der Waals surface area contributed by atoms with Crippen LogP contribution >= 0.6 is 0 Å². The number of rotatable bonds is 4. The zero-order valence-corrected chi connectivity index (χ0v) is 11.0. The van der Waals surface area contributed by atoms with Crippen LogP contribution in [0.2, 0.25) is 0 Å². The molecule has 6 nitrogen and oxygen atoms in total. The topological polar surface area (TPSA) is 86.3 Å². The van der Waals surface area contributed by atoms with Crippen molar-refractivity contribution in [2.45, 2.75) is 32.2 Å². The molecule has 1 aliphatic rings. The number of carboxylic acid groups (broad SMARTS) is 1. The summed E-state index contributed by atoms with van der Waals surface area (Å²) in [6.07, 6.45) is 5.91. The van der Waals surface area contributed by atoms with Crippen molar-refractivity contribution in [3.63, 3.8) is 0 Å². The molecule has 0 aromatic carbocycles. The number of hydrogen-bond donors (Lipinski definition) is 2. The highest BCUT2D eigenvalue weighted by molar-refractivity contribution is 5.79. The second-order valence-electron chi connectivity index (χ2n) is 5.12. The Balaban J connectivity index is 1.85. The van der Waals surface area contributed by atoms with Gasteiger partial charge in [-0.2, -0.15) is 0 Å². The van der Waals surface area contributed by atoms with E-state index in [1.54, 1.807) is 24.3 Å². The number of hydrogen-bond acceptors (Lipinski definition) is 3. The quantitative estimate of drug-likeness (QED) is 0.858. The van der Waals surface area contributed by atoms with Gasteiger partial charge < -0.3 is 15.0 Å². The Kier molecular flexibility index (Phi) is 4.19. The number of aromatic nitrogens is 2. The van der Waals surface area contributed by atoms with E-state index in [1.807, 2.05) is 0 Å². The molecule has 1 heterocycles. The molecule has 0 saturated heterocycles. The second-order valence-corrected chi connectivity index (χ2v) is 5.12. The van der Waals surface area contributed by atoms with Gasteiger partial charge in [-0.25, -0.2) is 4.98 Å². The molecule has 1 aliphatic carbocycles. The van der Waals surface area contributed by atoms with E-state index in [1.165, 1.54) is 0 Å². The zero-order valence-electron chi connectivity index (χ0n) is 11.0. The third-order valence-corrected chi connectivity index (χ3v) is 3.74. The van der Waals surface area contributed by atoms with Crippen LogP contribution in [0.15, 0.2) is 12.4 Å². The van der Waals surface area contributed by atoms with Gasteiger partial charge in [0.1, 0.15) is 5.82 Å². The van der Waals surface area contributed by atoms with Gasteiger partial charge in [-0.05, 0) is 25.7 Å². The van der Waals surface area contributed by atoms with Crippen LogP contribution in [0.1, 0.15) is 31.5 Å². The molecule has 19 heavy (non-hydrogen) atoms. The molecule has 6 heteroatoms. The number of carbonyl (C=O) groups excluding carboxylic acids is 1. The molecule has 1 amide bonds. The molecule has 0 bridgehead atoms. The minimum Gasteiger partial charge on any atom is -0.481 e. The third kappa shape index (κ3) is 3.33. The van der Waals surface area contributed by atoms with Crippen molar-refractivity contribution in [2.75, 3.05) is 7.05 Å². The fraction of sp³-hybridized carbons (Fsp3) is 0.615. The lowest BCUT2D eigenvalue weighted by Gasteiger charge is -2.28. The molecule has 0 spiro atoms. The lowest BCUT2D eigenvalue weighted by atomic mass is 9.81. The van der Waals surface area contributed by atoms with E-state index in [-0.39, 0.29) is 17.7 Å². The van der Waals surface area contributed by atoms with Gasteiger partial charge in [0, 0.05) is 25.4 Å². The molecule has 2 rings (SSSR count). The minimum atomic E-state index is -0.741. The Hall–Kier alpha value is -1.85. The van der Waals surface area contributed by atoms with Gasteiger partial charge >= 0.3 is 5.97 Å². The number of H-pyrrole nitrogens is 1. The molecular weight excluding hydrogens is 246 g/mol. The van der Waals surface area contributed by atoms with Crippen LogP contribution in [0, 0.1) is 11.8 Å². The number of imidazole rings is 1. The Morgan fingerprint density at radius 2 is 2.00 bits per heavy atom. The Morgan fingerprint density at radius 1 is 1.37 bits per heavy atom. The average molecular weight is 265 g/mol. The van der Waals surface area contributed by atoms with E-state index in [4.69, 9.17) is 5.11 Å².